The number of ether oxygens (including phenoxy) is 1. The third-order valence-corrected chi connectivity index (χ3v) is 3.96. The summed E-state index contributed by atoms with van der Waals surface area (Å²) < 4.78 is 6.88. The first kappa shape index (κ1) is 16.5. The van der Waals surface area contributed by atoms with Gasteiger partial charge in [-0.25, -0.2) is 4.68 Å². The second-order valence-electron chi connectivity index (χ2n) is 5.73. The average molecular weight is 360 g/mol. The molecule has 0 atom stereocenters. The van der Waals surface area contributed by atoms with Crippen molar-refractivity contribution in [3.63, 3.8) is 0 Å². The molecule has 2 N–H and O–H groups in total. The van der Waals surface area contributed by atoms with Gasteiger partial charge >= 0.3 is 0 Å². The molecule has 4 rings (SSSR count). The number of amides is 1. The van der Waals surface area contributed by atoms with Crippen LogP contribution in [0.1, 0.15) is 10.5 Å². The number of hydrogen-bond acceptors (Lipinski definition) is 5. The Morgan fingerprint density at radius 1 is 1.19 bits per heavy atom. The maximum absolute atomic E-state index is 12.5. The number of methoxy groups -OCH3 is 1. The number of aromatic amines is 1. The van der Waals surface area contributed by atoms with Crippen LogP contribution in [0.3, 0.4) is 0 Å². The fraction of sp³-hybridized carbons (Fsp3) is 0.0526. The van der Waals surface area contributed by atoms with Crippen LogP contribution in [-0.4, -0.2) is 38.0 Å². The Bertz CT molecular complexity index is 1070. The molecule has 8 heteroatoms. The van der Waals surface area contributed by atoms with Gasteiger partial charge in [0.25, 0.3) is 5.91 Å². The second-order valence-corrected chi connectivity index (χ2v) is 5.73. The number of pyridine rings is 1. The first-order valence-electron chi connectivity index (χ1n) is 8.19. The highest BCUT2D eigenvalue weighted by molar-refractivity contribution is 6.03. The zero-order valence-electron chi connectivity index (χ0n) is 14.5. The molecule has 4 aromatic rings. The van der Waals surface area contributed by atoms with E-state index in [1.165, 1.54) is 0 Å². The summed E-state index contributed by atoms with van der Waals surface area (Å²) in [5, 5.41) is 14.0. The molecule has 134 valence electrons. The van der Waals surface area contributed by atoms with Gasteiger partial charge < -0.3 is 10.1 Å². The van der Waals surface area contributed by atoms with Gasteiger partial charge in [-0.2, -0.15) is 10.2 Å². The summed E-state index contributed by atoms with van der Waals surface area (Å²) in [4.78, 5) is 16.4. The van der Waals surface area contributed by atoms with Gasteiger partial charge in [0.2, 0.25) is 0 Å². The summed E-state index contributed by atoms with van der Waals surface area (Å²) in [6.45, 7) is 0. The van der Waals surface area contributed by atoms with Gasteiger partial charge in [-0.3, -0.25) is 14.9 Å². The van der Waals surface area contributed by atoms with Crippen LogP contribution in [0, 0.1) is 0 Å². The Kier molecular flexibility index (Phi) is 4.36. The van der Waals surface area contributed by atoms with E-state index in [4.69, 9.17) is 4.74 Å². The highest BCUT2D eigenvalue weighted by Crippen LogP contribution is 2.23. The van der Waals surface area contributed by atoms with Crippen LogP contribution in [0.2, 0.25) is 0 Å². The summed E-state index contributed by atoms with van der Waals surface area (Å²) in [5.41, 5.74) is 3.30. The van der Waals surface area contributed by atoms with Crippen LogP contribution in [0.15, 0.2) is 67.3 Å². The molecule has 27 heavy (non-hydrogen) atoms. The van der Waals surface area contributed by atoms with Crippen LogP contribution < -0.4 is 10.1 Å². The minimum Gasteiger partial charge on any atom is -0.497 e. The molecule has 0 saturated carbocycles. The molecule has 3 heterocycles. The molecular formula is C19H16N6O2. The lowest BCUT2D eigenvalue weighted by Gasteiger charge is -2.01. The monoisotopic (exact) mass is 360 g/mol. The van der Waals surface area contributed by atoms with Crippen LogP contribution in [0.25, 0.3) is 16.9 Å². The van der Waals surface area contributed by atoms with Gasteiger partial charge in [-0.15, -0.1) is 0 Å². The van der Waals surface area contributed by atoms with Crippen LogP contribution >= 0.6 is 0 Å². The zero-order valence-corrected chi connectivity index (χ0v) is 14.5. The maximum Gasteiger partial charge on any atom is 0.273 e. The van der Waals surface area contributed by atoms with E-state index in [0.717, 1.165) is 17.0 Å². The van der Waals surface area contributed by atoms with Crippen LogP contribution in [0.5, 0.6) is 5.75 Å². The lowest BCUT2D eigenvalue weighted by Crippen LogP contribution is -2.11. The second kappa shape index (κ2) is 7.12. The van der Waals surface area contributed by atoms with E-state index in [1.807, 2.05) is 36.4 Å². The van der Waals surface area contributed by atoms with Crippen molar-refractivity contribution in [3.05, 3.63) is 72.9 Å². The molecule has 0 spiro atoms. The highest BCUT2D eigenvalue weighted by Gasteiger charge is 2.13. The van der Waals surface area contributed by atoms with Gasteiger partial charge in [0.05, 0.1) is 36.6 Å². The minimum absolute atomic E-state index is 0.300. The Morgan fingerprint density at radius 2 is 2.04 bits per heavy atom. The Labute approximate surface area is 154 Å². The third-order valence-electron chi connectivity index (χ3n) is 3.96. The van der Waals surface area contributed by atoms with Crippen LogP contribution in [-0.2, 0) is 0 Å². The number of benzene rings is 1. The molecule has 1 aromatic carbocycles. The van der Waals surface area contributed by atoms with Gasteiger partial charge in [-0.1, -0.05) is 12.1 Å². The number of rotatable bonds is 5. The summed E-state index contributed by atoms with van der Waals surface area (Å²) in [6, 6.07) is 12.8. The smallest absolute Gasteiger partial charge is 0.273 e. The topological polar surface area (TPSA) is 97.7 Å². The molecule has 1 amide bonds. The van der Waals surface area contributed by atoms with E-state index in [2.05, 4.69) is 25.6 Å². The van der Waals surface area contributed by atoms with Crippen molar-refractivity contribution in [2.45, 2.75) is 0 Å². The van der Waals surface area contributed by atoms with E-state index in [-0.39, 0.29) is 5.91 Å². The van der Waals surface area contributed by atoms with Gasteiger partial charge in [0.15, 0.2) is 0 Å². The number of anilines is 1. The molecule has 8 nitrogen and oxygen atoms in total. The molecule has 0 radical (unpaired) electrons. The lowest BCUT2D eigenvalue weighted by molar-refractivity contribution is 0.102. The lowest BCUT2D eigenvalue weighted by atomic mass is 10.1. The van der Waals surface area contributed by atoms with Crippen molar-refractivity contribution in [1.82, 2.24) is 25.0 Å². The number of nitrogens with one attached hydrogen (secondary N) is 2. The SMILES string of the molecule is COc1cccc(-c2cc(C(=O)Nc3cnn(-c4ccncc4)c3)[nH]n2)c1. The van der Waals surface area contributed by atoms with E-state index < -0.39 is 0 Å². The third kappa shape index (κ3) is 3.54. The highest BCUT2D eigenvalue weighted by atomic mass is 16.5. The molecule has 0 unspecified atom stereocenters. The summed E-state index contributed by atoms with van der Waals surface area (Å²) in [7, 11) is 1.61. The number of aromatic nitrogens is 5. The predicted octanol–water partition coefficient (Wildman–Crippen LogP) is 2.92. The summed E-state index contributed by atoms with van der Waals surface area (Å²) >= 11 is 0. The van der Waals surface area contributed by atoms with Gasteiger partial charge in [0, 0.05) is 18.0 Å². The first-order chi connectivity index (χ1) is 13.2. The molecular weight excluding hydrogens is 344 g/mol. The fourth-order valence-corrected chi connectivity index (χ4v) is 2.59. The van der Waals surface area contributed by atoms with E-state index in [9.17, 15) is 4.79 Å². The Hall–Kier alpha value is -3.94. The zero-order chi connectivity index (χ0) is 18.6. The van der Waals surface area contributed by atoms with E-state index in [1.54, 1.807) is 42.6 Å². The van der Waals surface area contributed by atoms with Gasteiger partial charge in [0.1, 0.15) is 11.4 Å². The molecule has 0 fully saturated rings. The maximum atomic E-state index is 12.5. The predicted molar refractivity (Wildman–Crippen MR) is 99.9 cm³/mol. The minimum atomic E-state index is -0.300. The Morgan fingerprint density at radius 3 is 2.85 bits per heavy atom. The first-order valence-corrected chi connectivity index (χ1v) is 8.19. The normalized spacial score (nSPS) is 10.6. The van der Waals surface area contributed by atoms with Crippen molar-refractivity contribution in [2.24, 2.45) is 0 Å². The van der Waals surface area contributed by atoms with Crippen molar-refractivity contribution in [2.75, 3.05) is 12.4 Å². The molecule has 0 aliphatic carbocycles. The number of H-pyrrole nitrogens is 1. The molecule has 0 saturated heterocycles. The van der Waals surface area contributed by atoms with E-state index in [0.29, 0.717) is 17.1 Å². The largest absolute Gasteiger partial charge is 0.497 e. The van der Waals surface area contributed by atoms with Crippen molar-refractivity contribution in [1.29, 1.82) is 0 Å². The molecule has 0 aliphatic rings. The molecule has 0 bridgehead atoms. The van der Waals surface area contributed by atoms with E-state index >= 15 is 0 Å². The summed E-state index contributed by atoms with van der Waals surface area (Å²) in [5.74, 6) is 0.427. The van der Waals surface area contributed by atoms with Crippen molar-refractivity contribution < 1.29 is 9.53 Å². The quantitative estimate of drug-likeness (QED) is 0.570. The van der Waals surface area contributed by atoms with Crippen molar-refractivity contribution in [3.8, 4) is 22.7 Å². The average Bonchev–Trinajstić information content (AvgIpc) is 3.39. The summed E-state index contributed by atoms with van der Waals surface area (Å²) in [6.07, 6.45) is 6.67. The number of nitrogens with zero attached hydrogens (tertiary/aromatic N) is 4. The number of carbonyl (C=O) groups excluding carboxylic acids is 1. The molecule has 0 aliphatic heterocycles. The number of hydrogen-bond donors (Lipinski definition) is 2. The Balaban J connectivity index is 1.49. The number of carbonyl (C=O) groups is 1. The molecule has 3 aromatic heterocycles. The van der Waals surface area contributed by atoms with Gasteiger partial charge in [-0.05, 0) is 30.3 Å². The van der Waals surface area contributed by atoms with Crippen LogP contribution in [0.4, 0.5) is 5.69 Å². The fourth-order valence-electron chi connectivity index (χ4n) is 2.59. The standard InChI is InChI=1S/C19H16N6O2/c1-27-16-4-2-3-13(9-16)17-10-18(24-23-17)19(26)22-14-11-21-25(12-14)15-5-7-20-8-6-15/h2-12H,1H3,(H,22,26)(H,23,24). The van der Waals surface area contributed by atoms with Crippen molar-refractivity contribution >= 4 is 11.6 Å².